The van der Waals surface area contributed by atoms with Crippen LogP contribution in [0.5, 0.6) is 0 Å². The zero-order valence-electron chi connectivity index (χ0n) is 6.77. The molecule has 0 aliphatic heterocycles. The molecule has 2 heteroatoms. The molecular formula is C10H10Ti2. The molecule has 0 N–H and O–H groups in total. The second kappa shape index (κ2) is 11.1. The van der Waals surface area contributed by atoms with Gasteiger partial charge in [-0.15, -0.1) is 0 Å². The molecular weight excluding hydrogens is 216 g/mol. The van der Waals surface area contributed by atoms with Crippen molar-refractivity contribution in [2.75, 3.05) is 0 Å². The van der Waals surface area contributed by atoms with Crippen LogP contribution in [-0.4, -0.2) is 0 Å². The van der Waals surface area contributed by atoms with Gasteiger partial charge in [0.2, 0.25) is 0 Å². The molecule has 0 saturated heterocycles. The van der Waals surface area contributed by atoms with Crippen LogP contribution in [0.4, 0.5) is 0 Å². The Balaban J connectivity index is 0. The van der Waals surface area contributed by atoms with Gasteiger partial charge in [0, 0.05) is 21.7 Å². The molecule has 0 amide bonds. The summed E-state index contributed by atoms with van der Waals surface area (Å²) in [6.45, 7) is 0. The van der Waals surface area contributed by atoms with E-state index < -0.39 is 0 Å². The van der Waals surface area contributed by atoms with E-state index >= 15 is 0 Å². The maximum absolute atomic E-state index is 2.00. The molecule has 0 radical (unpaired) electrons. The van der Waals surface area contributed by atoms with E-state index in [1.54, 1.807) is 0 Å². The maximum atomic E-state index is 2.00. The fourth-order valence-electron chi connectivity index (χ4n) is 0.642. The first-order valence-corrected chi connectivity index (χ1v) is 3.33. The van der Waals surface area contributed by atoms with Crippen LogP contribution in [0.3, 0.4) is 0 Å². The smallest absolute Gasteiger partial charge is 0.214 e. The summed E-state index contributed by atoms with van der Waals surface area (Å²) in [6.07, 6.45) is 0. The standard InChI is InChI=1S/2C5H5.2Ti/c2*1-2-4-5-3-1;;/h2*1-5H;;/q2*-1;;+2. The van der Waals surface area contributed by atoms with Crippen molar-refractivity contribution >= 4 is 0 Å². The molecule has 0 aliphatic rings. The van der Waals surface area contributed by atoms with Crippen LogP contribution in [0.25, 0.3) is 0 Å². The predicted octanol–water partition coefficient (Wildman–Crippen LogP) is 2.81. The molecule has 58 valence electrons. The summed E-state index contributed by atoms with van der Waals surface area (Å²) < 4.78 is 0. The van der Waals surface area contributed by atoms with E-state index in [2.05, 4.69) is 0 Å². The Hall–Kier alpha value is 0.129. The molecule has 0 spiro atoms. The zero-order valence-corrected chi connectivity index (χ0v) is 9.90. The fourth-order valence-corrected chi connectivity index (χ4v) is 0.642. The number of rotatable bonds is 0. The van der Waals surface area contributed by atoms with E-state index in [1.807, 2.05) is 60.7 Å². The molecule has 12 heavy (non-hydrogen) atoms. The van der Waals surface area contributed by atoms with E-state index in [9.17, 15) is 0 Å². The Morgan fingerprint density at radius 1 is 0.583 bits per heavy atom. The summed E-state index contributed by atoms with van der Waals surface area (Å²) in [7, 11) is 0. The fraction of sp³-hybridized carbons (Fsp3) is 0. The molecule has 0 heterocycles. The first kappa shape index (κ1) is 14.6. The maximum Gasteiger partial charge on any atom is 2.00 e. The van der Waals surface area contributed by atoms with Crippen molar-refractivity contribution in [1.29, 1.82) is 0 Å². The van der Waals surface area contributed by atoms with Gasteiger partial charge in [-0.2, -0.15) is 36.4 Å². The molecule has 0 aromatic heterocycles. The van der Waals surface area contributed by atoms with Crippen molar-refractivity contribution in [2.45, 2.75) is 0 Å². The monoisotopic (exact) mass is 226 g/mol. The third-order valence-electron chi connectivity index (χ3n) is 1.11. The predicted molar refractivity (Wildman–Crippen MR) is 44.1 cm³/mol. The summed E-state index contributed by atoms with van der Waals surface area (Å²) in [4.78, 5) is 0. The van der Waals surface area contributed by atoms with Gasteiger partial charge in [0.1, 0.15) is 0 Å². The van der Waals surface area contributed by atoms with Crippen molar-refractivity contribution in [3.63, 3.8) is 0 Å². The first-order valence-electron chi connectivity index (χ1n) is 3.33. The molecule has 0 nitrogen and oxygen atoms in total. The van der Waals surface area contributed by atoms with Crippen molar-refractivity contribution in [2.24, 2.45) is 0 Å². The van der Waals surface area contributed by atoms with Gasteiger partial charge in [0.05, 0.1) is 0 Å². The minimum Gasteiger partial charge on any atom is -0.214 e. The molecule has 0 aliphatic carbocycles. The van der Waals surface area contributed by atoms with Gasteiger partial charge < -0.3 is 0 Å². The molecule has 2 aromatic rings. The van der Waals surface area contributed by atoms with Crippen molar-refractivity contribution < 1.29 is 43.4 Å². The average Bonchev–Trinajstić information content (AvgIpc) is 2.67. The summed E-state index contributed by atoms with van der Waals surface area (Å²) in [5.41, 5.74) is 0. The van der Waals surface area contributed by atoms with Gasteiger partial charge >= 0.3 is 21.7 Å². The van der Waals surface area contributed by atoms with Crippen LogP contribution >= 0.6 is 0 Å². The minimum absolute atomic E-state index is 0. The number of hydrogen-bond acceptors (Lipinski definition) is 0. The Morgan fingerprint density at radius 2 is 0.833 bits per heavy atom. The molecule has 0 unspecified atom stereocenters. The normalized spacial score (nSPS) is 6.67. The van der Waals surface area contributed by atoms with Gasteiger partial charge in [-0.05, 0) is 0 Å². The second-order valence-corrected chi connectivity index (χ2v) is 1.92. The third-order valence-corrected chi connectivity index (χ3v) is 1.11. The number of hydrogen-bond donors (Lipinski definition) is 0. The minimum atomic E-state index is 0. The Morgan fingerprint density at radius 3 is 0.917 bits per heavy atom. The van der Waals surface area contributed by atoms with E-state index in [4.69, 9.17) is 0 Å². The van der Waals surface area contributed by atoms with Crippen LogP contribution in [-0.2, 0) is 43.4 Å². The largest absolute Gasteiger partial charge is 2.00 e. The van der Waals surface area contributed by atoms with E-state index in [0.717, 1.165) is 0 Å². The Labute approximate surface area is 103 Å². The third kappa shape index (κ3) is 8.23. The van der Waals surface area contributed by atoms with Gasteiger partial charge in [-0.25, -0.2) is 24.3 Å². The molecule has 0 fully saturated rings. The molecule has 0 atom stereocenters. The van der Waals surface area contributed by atoms with Crippen LogP contribution in [0.15, 0.2) is 60.7 Å². The summed E-state index contributed by atoms with van der Waals surface area (Å²) in [6, 6.07) is 20.0. The summed E-state index contributed by atoms with van der Waals surface area (Å²) >= 11 is 0. The van der Waals surface area contributed by atoms with Crippen molar-refractivity contribution in [3.05, 3.63) is 60.7 Å². The second-order valence-electron chi connectivity index (χ2n) is 1.92. The molecule has 0 bridgehead atoms. The summed E-state index contributed by atoms with van der Waals surface area (Å²) in [5.74, 6) is 0. The van der Waals surface area contributed by atoms with Gasteiger partial charge in [-0.3, -0.25) is 0 Å². The topological polar surface area (TPSA) is 0 Å². The van der Waals surface area contributed by atoms with Crippen LogP contribution in [0.2, 0.25) is 0 Å². The van der Waals surface area contributed by atoms with E-state index in [1.165, 1.54) is 0 Å². The van der Waals surface area contributed by atoms with Gasteiger partial charge in [-0.1, -0.05) is 0 Å². The van der Waals surface area contributed by atoms with Crippen LogP contribution in [0, 0.1) is 0 Å². The Bertz CT molecular complexity index is 147. The first-order chi connectivity index (χ1) is 5.00. The van der Waals surface area contributed by atoms with E-state index in [-0.39, 0.29) is 43.4 Å². The average molecular weight is 226 g/mol. The van der Waals surface area contributed by atoms with Gasteiger partial charge in [0.15, 0.2) is 0 Å². The summed E-state index contributed by atoms with van der Waals surface area (Å²) in [5, 5.41) is 0. The van der Waals surface area contributed by atoms with Crippen LogP contribution in [0.1, 0.15) is 0 Å². The molecule has 2 aromatic carbocycles. The van der Waals surface area contributed by atoms with Gasteiger partial charge in [0.25, 0.3) is 0 Å². The van der Waals surface area contributed by atoms with Crippen molar-refractivity contribution in [1.82, 2.24) is 0 Å². The van der Waals surface area contributed by atoms with Crippen molar-refractivity contribution in [3.8, 4) is 0 Å². The Kier molecular flexibility index (Phi) is 13.6. The zero-order chi connectivity index (χ0) is 7.07. The molecule has 0 saturated carbocycles. The van der Waals surface area contributed by atoms with Crippen LogP contribution < -0.4 is 0 Å². The quantitative estimate of drug-likeness (QED) is 0.478. The van der Waals surface area contributed by atoms with E-state index in [0.29, 0.717) is 0 Å². The molecule has 2 rings (SSSR count). The SMILES string of the molecule is [Ti+2].[Ti].c1cc[cH-]c1.c1cc[cH-]c1.